The summed E-state index contributed by atoms with van der Waals surface area (Å²) >= 11 is 2.34. The van der Waals surface area contributed by atoms with Gasteiger partial charge in [0, 0.05) is 9.61 Å². The summed E-state index contributed by atoms with van der Waals surface area (Å²) in [5.41, 5.74) is 8.68. The van der Waals surface area contributed by atoms with Gasteiger partial charge in [-0.25, -0.2) is 9.67 Å². The summed E-state index contributed by atoms with van der Waals surface area (Å²) in [6.45, 7) is 6.24. The first kappa shape index (κ1) is 13.5. The minimum atomic E-state index is -0.235. The highest BCUT2D eigenvalue weighted by atomic mass is 127. The van der Waals surface area contributed by atoms with Crippen LogP contribution in [-0.4, -0.2) is 14.8 Å². The van der Waals surface area contributed by atoms with Crippen molar-refractivity contribution in [3.8, 4) is 0 Å². The van der Waals surface area contributed by atoms with Crippen molar-refractivity contribution in [2.24, 2.45) is 5.73 Å². The van der Waals surface area contributed by atoms with Crippen LogP contribution < -0.4 is 5.73 Å². The molecule has 18 heavy (non-hydrogen) atoms. The SMILES string of the molecule is Cc1cccc(C(N)c2ncnn2C(C)C)c1I. The second-order valence-electron chi connectivity index (χ2n) is 4.61. The summed E-state index contributed by atoms with van der Waals surface area (Å²) in [5, 5.41) is 4.24. The molecule has 0 amide bonds. The first-order valence-corrected chi connectivity index (χ1v) is 7.00. The smallest absolute Gasteiger partial charge is 0.148 e. The highest BCUT2D eigenvalue weighted by Crippen LogP contribution is 2.26. The lowest BCUT2D eigenvalue weighted by molar-refractivity contribution is 0.494. The topological polar surface area (TPSA) is 56.7 Å². The second-order valence-corrected chi connectivity index (χ2v) is 5.69. The normalized spacial score (nSPS) is 13.0. The van der Waals surface area contributed by atoms with E-state index in [-0.39, 0.29) is 12.1 Å². The molecule has 0 saturated heterocycles. The van der Waals surface area contributed by atoms with Gasteiger partial charge >= 0.3 is 0 Å². The Kier molecular flexibility index (Phi) is 4.01. The fourth-order valence-corrected chi connectivity index (χ4v) is 2.62. The van der Waals surface area contributed by atoms with E-state index < -0.39 is 0 Å². The summed E-state index contributed by atoms with van der Waals surface area (Å²) in [4.78, 5) is 4.31. The van der Waals surface area contributed by atoms with Crippen molar-refractivity contribution >= 4 is 22.6 Å². The Hall–Kier alpha value is -0.950. The van der Waals surface area contributed by atoms with Gasteiger partial charge < -0.3 is 5.73 Å². The predicted molar refractivity (Wildman–Crippen MR) is 80.3 cm³/mol. The second kappa shape index (κ2) is 5.36. The molecule has 0 radical (unpaired) electrons. The third-order valence-electron chi connectivity index (χ3n) is 2.92. The molecular weight excluding hydrogens is 339 g/mol. The molecular formula is C13H17IN4. The molecule has 4 nitrogen and oxygen atoms in total. The van der Waals surface area contributed by atoms with Crippen molar-refractivity contribution in [1.29, 1.82) is 0 Å². The lowest BCUT2D eigenvalue weighted by atomic mass is 10.0. The standard InChI is InChI=1S/C13H17IN4/c1-8(2)18-13(16-7-17-18)12(15)10-6-4-5-9(3)11(10)14/h4-8,12H,15H2,1-3H3. The first-order chi connectivity index (χ1) is 8.52. The van der Waals surface area contributed by atoms with Gasteiger partial charge in [-0.1, -0.05) is 18.2 Å². The van der Waals surface area contributed by atoms with Crippen molar-refractivity contribution < 1.29 is 0 Å². The Morgan fingerprint density at radius 2 is 2.06 bits per heavy atom. The molecule has 0 bridgehead atoms. The van der Waals surface area contributed by atoms with E-state index in [1.807, 2.05) is 10.7 Å². The maximum absolute atomic E-state index is 6.34. The highest BCUT2D eigenvalue weighted by Gasteiger charge is 2.19. The number of hydrogen-bond donors (Lipinski definition) is 1. The van der Waals surface area contributed by atoms with Gasteiger partial charge in [0.05, 0.1) is 6.04 Å². The zero-order valence-electron chi connectivity index (χ0n) is 10.8. The maximum Gasteiger partial charge on any atom is 0.148 e. The van der Waals surface area contributed by atoms with E-state index in [4.69, 9.17) is 5.73 Å². The number of benzene rings is 1. The van der Waals surface area contributed by atoms with Crippen LogP contribution in [0.25, 0.3) is 0 Å². The van der Waals surface area contributed by atoms with E-state index in [1.54, 1.807) is 6.33 Å². The van der Waals surface area contributed by atoms with E-state index in [0.29, 0.717) is 0 Å². The van der Waals surface area contributed by atoms with E-state index in [0.717, 1.165) is 11.4 Å². The third kappa shape index (κ3) is 2.42. The van der Waals surface area contributed by atoms with Gasteiger partial charge in [-0.15, -0.1) is 0 Å². The van der Waals surface area contributed by atoms with Crippen molar-refractivity contribution in [3.05, 3.63) is 45.0 Å². The van der Waals surface area contributed by atoms with Crippen LogP contribution in [0.15, 0.2) is 24.5 Å². The summed E-state index contributed by atoms with van der Waals surface area (Å²) < 4.78 is 3.07. The predicted octanol–water partition coefficient (Wildman–Crippen LogP) is 2.82. The van der Waals surface area contributed by atoms with Crippen LogP contribution in [-0.2, 0) is 0 Å². The van der Waals surface area contributed by atoms with Gasteiger partial charge in [-0.05, 0) is 54.5 Å². The van der Waals surface area contributed by atoms with E-state index in [2.05, 4.69) is 65.6 Å². The van der Waals surface area contributed by atoms with Crippen LogP contribution in [0.5, 0.6) is 0 Å². The monoisotopic (exact) mass is 356 g/mol. The van der Waals surface area contributed by atoms with Gasteiger partial charge in [-0.2, -0.15) is 5.10 Å². The Morgan fingerprint density at radius 1 is 1.33 bits per heavy atom. The molecule has 0 saturated carbocycles. The highest BCUT2D eigenvalue weighted by molar-refractivity contribution is 14.1. The van der Waals surface area contributed by atoms with E-state index in [9.17, 15) is 0 Å². The van der Waals surface area contributed by atoms with Crippen molar-refractivity contribution in [3.63, 3.8) is 0 Å². The molecule has 1 aromatic heterocycles. The molecule has 1 heterocycles. The van der Waals surface area contributed by atoms with Crippen LogP contribution in [0, 0.1) is 10.5 Å². The summed E-state index contributed by atoms with van der Waals surface area (Å²) in [5.74, 6) is 0.813. The largest absolute Gasteiger partial charge is 0.318 e. The Morgan fingerprint density at radius 3 is 2.72 bits per heavy atom. The number of aryl methyl sites for hydroxylation is 1. The number of aromatic nitrogens is 3. The van der Waals surface area contributed by atoms with Crippen LogP contribution in [0.3, 0.4) is 0 Å². The minimum absolute atomic E-state index is 0.235. The molecule has 0 fully saturated rings. The average Bonchev–Trinajstić information content (AvgIpc) is 2.81. The van der Waals surface area contributed by atoms with Gasteiger partial charge in [0.15, 0.2) is 0 Å². The quantitative estimate of drug-likeness (QED) is 0.861. The summed E-state index contributed by atoms with van der Waals surface area (Å²) in [6, 6.07) is 6.20. The molecule has 96 valence electrons. The Labute approximate surface area is 121 Å². The van der Waals surface area contributed by atoms with Crippen molar-refractivity contribution in [2.45, 2.75) is 32.9 Å². The van der Waals surface area contributed by atoms with E-state index >= 15 is 0 Å². The van der Waals surface area contributed by atoms with Crippen molar-refractivity contribution in [2.75, 3.05) is 0 Å². The third-order valence-corrected chi connectivity index (χ3v) is 4.40. The average molecular weight is 356 g/mol. The molecule has 1 aromatic carbocycles. The number of rotatable bonds is 3. The van der Waals surface area contributed by atoms with Crippen LogP contribution in [0.2, 0.25) is 0 Å². The van der Waals surface area contributed by atoms with Crippen LogP contribution in [0.4, 0.5) is 0 Å². The van der Waals surface area contributed by atoms with Gasteiger partial charge in [0.25, 0.3) is 0 Å². The fraction of sp³-hybridized carbons (Fsp3) is 0.385. The molecule has 2 N–H and O–H groups in total. The number of nitrogens with zero attached hydrogens (tertiary/aromatic N) is 3. The Bertz CT molecular complexity index is 548. The van der Waals surface area contributed by atoms with Gasteiger partial charge in [-0.3, -0.25) is 0 Å². The minimum Gasteiger partial charge on any atom is -0.318 e. The zero-order chi connectivity index (χ0) is 13.3. The fourth-order valence-electron chi connectivity index (χ4n) is 1.93. The summed E-state index contributed by atoms with van der Waals surface area (Å²) in [6.07, 6.45) is 1.57. The summed E-state index contributed by atoms with van der Waals surface area (Å²) in [7, 11) is 0. The Balaban J connectivity index is 2.45. The molecule has 1 unspecified atom stereocenters. The maximum atomic E-state index is 6.34. The molecule has 0 aliphatic heterocycles. The molecule has 0 spiro atoms. The van der Waals surface area contributed by atoms with Crippen molar-refractivity contribution in [1.82, 2.24) is 14.8 Å². The lowest BCUT2D eigenvalue weighted by Gasteiger charge is -2.17. The number of halogens is 1. The molecule has 2 aromatic rings. The number of hydrogen-bond acceptors (Lipinski definition) is 3. The number of nitrogens with two attached hydrogens (primary N) is 1. The first-order valence-electron chi connectivity index (χ1n) is 5.92. The lowest BCUT2D eigenvalue weighted by Crippen LogP contribution is -2.21. The molecule has 0 aliphatic carbocycles. The van der Waals surface area contributed by atoms with Gasteiger partial charge in [0.2, 0.25) is 0 Å². The molecule has 5 heteroatoms. The molecule has 0 aliphatic rings. The van der Waals surface area contributed by atoms with Gasteiger partial charge in [0.1, 0.15) is 12.2 Å². The molecule has 2 rings (SSSR count). The molecule has 1 atom stereocenters. The van der Waals surface area contributed by atoms with Crippen LogP contribution >= 0.6 is 22.6 Å². The van der Waals surface area contributed by atoms with E-state index in [1.165, 1.54) is 9.13 Å². The zero-order valence-corrected chi connectivity index (χ0v) is 12.9. The van der Waals surface area contributed by atoms with Crippen LogP contribution in [0.1, 0.15) is 42.9 Å².